The van der Waals surface area contributed by atoms with Crippen LogP contribution >= 0.6 is 11.6 Å². The zero-order valence-corrected chi connectivity index (χ0v) is 12.2. The summed E-state index contributed by atoms with van der Waals surface area (Å²) in [4.78, 5) is 23.1. The highest BCUT2D eigenvalue weighted by atomic mass is 35.5. The van der Waals surface area contributed by atoms with Crippen LogP contribution in [0.4, 0.5) is 4.79 Å². The van der Waals surface area contributed by atoms with Gasteiger partial charge in [-0.05, 0) is 27.2 Å². The van der Waals surface area contributed by atoms with Gasteiger partial charge in [-0.2, -0.15) is 0 Å². The fourth-order valence-corrected chi connectivity index (χ4v) is 1.37. The normalized spacial score (nSPS) is 12.7. The van der Waals surface area contributed by atoms with Crippen molar-refractivity contribution in [2.45, 2.75) is 58.6 Å². The van der Waals surface area contributed by atoms with Gasteiger partial charge in [0.1, 0.15) is 11.6 Å². The van der Waals surface area contributed by atoms with E-state index >= 15 is 0 Å². The van der Waals surface area contributed by atoms with Crippen LogP contribution in [-0.2, 0) is 14.3 Å². The molecule has 0 fully saturated rings. The van der Waals surface area contributed by atoms with Crippen molar-refractivity contribution in [3.63, 3.8) is 0 Å². The van der Waals surface area contributed by atoms with Crippen LogP contribution in [0.15, 0.2) is 0 Å². The number of carbonyl (C=O) groups is 2. The number of nitrogens with one attached hydrogen (secondary N) is 1. The Morgan fingerprint density at radius 2 is 1.94 bits per heavy atom. The predicted octanol–water partition coefficient (Wildman–Crippen LogP) is 2.81. The van der Waals surface area contributed by atoms with Crippen molar-refractivity contribution in [2.75, 3.05) is 6.07 Å². The minimum absolute atomic E-state index is 0.225. The van der Waals surface area contributed by atoms with E-state index in [1.807, 2.05) is 6.92 Å². The molecule has 0 aromatic heterocycles. The molecule has 0 saturated heterocycles. The van der Waals surface area contributed by atoms with E-state index in [0.29, 0.717) is 6.42 Å². The summed E-state index contributed by atoms with van der Waals surface area (Å²) >= 11 is 5.33. The van der Waals surface area contributed by atoms with Crippen LogP contribution in [0, 0.1) is 0 Å². The van der Waals surface area contributed by atoms with Gasteiger partial charge in [0.2, 0.25) is 0 Å². The molecule has 0 rings (SSSR count). The second kappa shape index (κ2) is 8.19. The predicted molar refractivity (Wildman–Crippen MR) is 69.5 cm³/mol. The van der Waals surface area contributed by atoms with Gasteiger partial charge in [0, 0.05) is 0 Å². The number of rotatable bonds is 6. The number of esters is 1. The Morgan fingerprint density at radius 1 is 1.33 bits per heavy atom. The van der Waals surface area contributed by atoms with E-state index in [1.165, 1.54) is 0 Å². The molecule has 0 aliphatic rings. The molecule has 0 radical (unpaired) electrons. The van der Waals surface area contributed by atoms with Gasteiger partial charge in [0.05, 0.1) is 0 Å². The quantitative estimate of drug-likeness (QED) is 0.600. The number of unbranched alkanes of at least 4 members (excludes halogenated alkanes) is 1. The molecular formula is C12H22ClNO4. The number of alkyl carbamates (subject to hydrolysis) is 1. The monoisotopic (exact) mass is 279 g/mol. The van der Waals surface area contributed by atoms with Crippen LogP contribution in [0.1, 0.15) is 47.0 Å². The molecule has 1 atom stereocenters. The summed E-state index contributed by atoms with van der Waals surface area (Å²) in [5, 5.41) is 2.50. The molecule has 1 amide bonds. The van der Waals surface area contributed by atoms with Crippen molar-refractivity contribution in [2.24, 2.45) is 0 Å². The number of alkyl halides is 1. The molecule has 0 unspecified atom stereocenters. The molecule has 18 heavy (non-hydrogen) atoms. The lowest BCUT2D eigenvalue weighted by Crippen LogP contribution is -2.44. The molecule has 0 aromatic carbocycles. The SMILES string of the molecule is CCCC[C@H](NC(=O)OC(C)(C)C)C(=O)OCCl. The molecule has 0 heterocycles. The number of carbonyl (C=O) groups excluding carboxylic acids is 2. The first-order valence-electron chi connectivity index (χ1n) is 6.02. The van der Waals surface area contributed by atoms with Gasteiger partial charge >= 0.3 is 12.1 Å². The largest absolute Gasteiger partial charge is 0.448 e. The smallest absolute Gasteiger partial charge is 0.408 e. The van der Waals surface area contributed by atoms with Crippen molar-refractivity contribution in [1.29, 1.82) is 0 Å². The molecule has 0 bridgehead atoms. The summed E-state index contributed by atoms with van der Waals surface area (Å²) in [6.45, 7) is 7.26. The minimum Gasteiger partial charge on any atom is -0.448 e. The molecule has 0 spiro atoms. The molecule has 106 valence electrons. The fourth-order valence-electron chi connectivity index (χ4n) is 1.26. The van der Waals surface area contributed by atoms with Gasteiger partial charge in [-0.3, -0.25) is 0 Å². The molecule has 0 aliphatic heterocycles. The summed E-state index contributed by atoms with van der Waals surface area (Å²) in [5.74, 6) is -0.538. The number of hydrogen-bond acceptors (Lipinski definition) is 4. The van der Waals surface area contributed by atoms with Crippen molar-refractivity contribution in [3.05, 3.63) is 0 Å². The van der Waals surface area contributed by atoms with Gasteiger partial charge in [0.25, 0.3) is 0 Å². The average molecular weight is 280 g/mol. The third kappa shape index (κ3) is 8.17. The number of amides is 1. The molecular weight excluding hydrogens is 258 g/mol. The maximum Gasteiger partial charge on any atom is 0.408 e. The second-order valence-corrected chi connectivity index (χ2v) is 5.13. The maximum atomic E-state index is 11.6. The zero-order chi connectivity index (χ0) is 14.2. The zero-order valence-electron chi connectivity index (χ0n) is 11.4. The Kier molecular flexibility index (Phi) is 7.75. The van der Waals surface area contributed by atoms with Gasteiger partial charge in [-0.1, -0.05) is 31.4 Å². The summed E-state index contributed by atoms with van der Waals surface area (Å²) in [7, 11) is 0. The summed E-state index contributed by atoms with van der Waals surface area (Å²) < 4.78 is 9.77. The van der Waals surface area contributed by atoms with Crippen LogP contribution in [0.5, 0.6) is 0 Å². The fraction of sp³-hybridized carbons (Fsp3) is 0.833. The minimum atomic E-state index is -0.710. The highest BCUT2D eigenvalue weighted by Gasteiger charge is 2.24. The maximum absolute atomic E-state index is 11.6. The van der Waals surface area contributed by atoms with Crippen molar-refractivity contribution < 1.29 is 19.1 Å². The van der Waals surface area contributed by atoms with E-state index in [-0.39, 0.29) is 6.07 Å². The highest BCUT2D eigenvalue weighted by molar-refractivity contribution is 6.17. The molecule has 0 aliphatic carbocycles. The number of halogens is 1. The Labute approximate surface area is 113 Å². The van der Waals surface area contributed by atoms with Crippen LogP contribution in [-0.4, -0.2) is 29.8 Å². The van der Waals surface area contributed by atoms with Crippen LogP contribution in [0.25, 0.3) is 0 Å². The van der Waals surface area contributed by atoms with E-state index in [0.717, 1.165) is 12.8 Å². The van der Waals surface area contributed by atoms with E-state index in [1.54, 1.807) is 20.8 Å². The molecule has 5 nitrogen and oxygen atoms in total. The van der Waals surface area contributed by atoms with E-state index in [4.69, 9.17) is 16.3 Å². The third-order valence-electron chi connectivity index (χ3n) is 2.02. The van der Waals surface area contributed by atoms with Gasteiger partial charge < -0.3 is 14.8 Å². The Hall–Kier alpha value is -0.970. The van der Waals surface area contributed by atoms with Gasteiger partial charge in [-0.25, -0.2) is 9.59 Å². The number of hydrogen-bond donors (Lipinski definition) is 1. The average Bonchev–Trinajstić information content (AvgIpc) is 2.21. The van der Waals surface area contributed by atoms with Crippen LogP contribution in [0.3, 0.4) is 0 Å². The van der Waals surface area contributed by atoms with Crippen molar-refractivity contribution in [3.8, 4) is 0 Å². The third-order valence-corrected chi connectivity index (χ3v) is 2.13. The summed E-state index contributed by atoms with van der Waals surface area (Å²) in [6, 6.07) is -0.934. The first-order chi connectivity index (χ1) is 8.30. The molecule has 1 N–H and O–H groups in total. The van der Waals surface area contributed by atoms with E-state index < -0.39 is 23.7 Å². The highest BCUT2D eigenvalue weighted by Crippen LogP contribution is 2.09. The standard InChI is InChI=1S/C12H22ClNO4/c1-5-6-7-9(10(15)17-8-13)14-11(16)18-12(2,3)4/h9H,5-8H2,1-4H3,(H,14,16)/t9-/m0/s1. The molecule has 0 saturated carbocycles. The van der Waals surface area contributed by atoms with E-state index in [2.05, 4.69) is 10.1 Å². The lowest BCUT2D eigenvalue weighted by molar-refractivity contribution is -0.144. The lowest BCUT2D eigenvalue weighted by Gasteiger charge is -2.22. The number of ether oxygens (including phenoxy) is 2. The topological polar surface area (TPSA) is 64.6 Å². The van der Waals surface area contributed by atoms with Gasteiger partial charge in [-0.15, -0.1) is 0 Å². The first kappa shape index (κ1) is 17.0. The molecule has 0 aromatic rings. The van der Waals surface area contributed by atoms with Crippen molar-refractivity contribution in [1.82, 2.24) is 5.32 Å². The van der Waals surface area contributed by atoms with Crippen LogP contribution < -0.4 is 5.32 Å². The van der Waals surface area contributed by atoms with Crippen molar-refractivity contribution >= 4 is 23.7 Å². The Balaban J connectivity index is 4.39. The summed E-state index contributed by atoms with van der Waals surface area (Å²) in [5.41, 5.74) is -0.601. The first-order valence-corrected chi connectivity index (χ1v) is 6.55. The summed E-state index contributed by atoms with van der Waals surface area (Å²) in [6.07, 6.45) is 1.60. The Bertz CT molecular complexity index is 276. The lowest BCUT2D eigenvalue weighted by atomic mass is 10.1. The Morgan fingerprint density at radius 3 is 2.39 bits per heavy atom. The van der Waals surface area contributed by atoms with Crippen LogP contribution in [0.2, 0.25) is 0 Å². The second-order valence-electron chi connectivity index (χ2n) is 4.91. The molecule has 6 heteroatoms. The van der Waals surface area contributed by atoms with Gasteiger partial charge in [0.15, 0.2) is 6.07 Å². The van der Waals surface area contributed by atoms with E-state index in [9.17, 15) is 9.59 Å².